The second-order valence-corrected chi connectivity index (χ2v) is 7.12. The Kier molecular flexibility index (Phi) is 7.10. The number of nitrogens with one attached hydrogen (secondary N) is 2. The number of nitro benzene ring substituents is 4. The largest absolute Gasteiger partial charge is 0.370 e. The molecule has 0 radical (unpaired) electrons. The molecule has 180 valence electrons. The summed E-state index contributed by atoms with van der Waals surface area (Å²) in [6.45, 7) is 0. The number of hydrogen-bond donors (Lipinski definition) is 2. The van der Waals surface area contributed by atoms with Crippen LogP contribution < -0.4 is 20.4 Å². The fraction of sp³-hybridized carbons (Fsp3) is 0.235. The van der Waals surface area contributed by atoms with Gasteiger partial charge in [-0.3, -0.25) is 40.5 Å². The predicted molar refractivity (Wildman–Crippen MR) is 121 cm³/mol. The summed E-state index contributed by atoms with van der Waals surface area (Å²) in [5, 5.41) is 49.8. The van der Waals surface area contributed by atoms with E-state index in [4.69, 9.17) is 0 Å². The molecule has 0 heterocycles. The minimum absolute atomic E-state index is 0.163. The van der Waals surface area contributed by atoms with E-state index in [0.717, 1.165) is 24.3 Å². The molecule has 0 aliphatic carbocycles. The number of carbonyl (C=O) groups is 1. The van der Waals surface area contributed by atoms with Gasteiger partial charge in [0, 0.05) is 40.3 Å². The Labute approximate surface area is 190 Å². The average molecular weight is 478 g/mol. The lowest BCUT2D eigenvalue weighted by Crippen LogP contribution is -2.24. The maximum atomic E-state index is 12.7. The van der Waals surface area contributed by atoms with E-state index in [1.807, 2.05) is 0 Å². The number of carbonyl (C=O) groups excluding carboxylic acids is 1. The SMILES string of the molecule is CN(C)c1c(NC(=O)Nc2cc([N+](=O)[O-])cc([N+](=O)[O-])c2N(C)C)cc([N+](=O)[O-])cc1[N+](=O)[O-]. The Bertz CT molecular complexity index is 1120. The highest BCUT2D eigenvalue weighted by atomic mass is 16.6. The highest BCUT2D eigenvalue weighted by Gasteiger charge is 2.29. The molecule has 2 amide bonds. The van der Waals surface area contributed by atoms with Gasteiger partial charge in [-0.25, -0.2) is 4.79 Å². The van der Waals surface area contributed by atoms with Gasteiger partial charge in [0.25, 0.3) is 11.4 Å². The lowest BCUT2D eigenvalue weighted by atomic mass is 10.1. The Morgan fingerprint density at radius 3 is 1.21 bits per heavy atom. The van der Waals surface area contributed by atoms with Crippen LogP contribution in [0.25, 0.3) is 0 Å². The summed E-state index contributed by atoms with van der Waals surface area (Å²) in [6, 6.07) is 2.13. The van der Waals surface area contributed by atoms with Crippen LogP contribution in [0.2, 0.25) is 0 Å². The van der Waals surface area contributed by atoms with E-state index < -0.39 is 48.5 Å². The summed E-state index contributed by atoms with van der Waals surface area (Å²) in [7, 11) is 5.63. The first-order valence-electron chi connectivity index (χ1n) is 9.10. The van der Waals surface area contributed by atoms with Crippen molar-refractivity contribution in [1.29, 1.82) is 0 Å². The van der Waals surface area contributed by atoms with Gasteiger partial charge in [0.1, 0.15) is 11.4 Å². The van der Waals surface area contributed by atoms with E-state index in [9.17, 15) is 45.3 Å². The molecule has 0 saturated carbocycles. The third-order valence-electron chi connectivity index (χ3n) is 4.35. The number of amides is 2. The molecule has 0 spiro atoms. The molecule has 17 nitrogen and oxygen atoms in total. The van der Waals surface area contributed by atoms with Gasteiger partial charge in [0.2, 0.25) is 0 Å². The molecule has 0 unspecified atom stereocenters. The molecule has 0 aliphatic rings. The molecule has 0 atom stereocenters. The van der Waals surface area contributed by atoms with Crippen LogP contribution >= 0.6 is 0 Å². The van der Waals surface area contributed by atoms with Gasteiger partial charge < -0.3 is 20.4 Å². The summed E-state index contributed by atoms with van der Waals surface area (Å²) in [5.41, 5.74) is -3.61. The monoisotopic (exact) mass is 478 g/mol. The van der Waals surface area contributed by atoms with E-state index in [2.05, 4.69) is 10.6 Å². The highest BCUT2D eigenvalue weighted by molar-refractivity contribution is 6.06. The third-order valence-corrected chi connectivity index (χ3v) is 4.35. The lowest BCUT2D eigenvalue weighted by molar-refractivity contribution is -0.393. The van der Waals surface area contributed by atoms with Crippen LogP contribution in [0.3, 0.4) is 0 Å². The van der Waals surface area contributed by atoms with E-state index in [1.165, 1.54) is 38.0 Å². The molecule has 0 fully saturated rings. The zero-order valence-electron chi connectivity index (χ0n) is 18.2. The molecule has 0 bridgehead atoms. The van der Waals surface area contributed by atoms with E-state index >= 15 is 0 Å². The van der Waals surface area contributed by atoms with Crippen molar-refractivity contribution in [3.63, 3.8) is 0 Å². The molecule has 34 heavy (non-hydrogen) atoms. The quantitative estimate of drug-likeness (QED) is 0.414. The zero-order valence-corrected chi connectivity index (χ0v) is 18.2. The molecule has 2 N–H and O–H groups in total. The number of non-ortho nitro benzene ring substituents is 2. The van der Waals surface area contributed by atoms with Gasteiger partial charge in [-0.15, -0.1) is 0 Å². The number of nitrogens with zero attached hydrogens (tertiary/aromatic N) is 6. The number of anilines is 4. The van der Waals surface area contributed by atoms with Crippen molar-refractivity contribution in [3.8, 4) is 0 Å². The lowest BCUT2D eigenvalue weighted by Gasteiger charge is -2.20. The van der Waals surface area contributed by atoms with Gasteiger partial charge in [-0.2, -0.15) is 0 Å². The fourth-order valence-corrected chi connectivity index (χ4v) is 3.10. The van der Waals surface area contributed by atoms with Gasteiger partial charge in [0.05, 0.1) is 43.2 Å². The van der Waals surface area contributed by atoms with Crippen LogP contribution in [-0.4, -0.2) is 53.9 Å². The summed E-state index contributed by atoms with van der Waals surface area (Å²) in [5.74, 6) is 0. The molecular formula is C17H18N8O9. The van der Waals surface area contributed by atoms with Crippen LogP contribution in [0, 0.1) is 40.5 Å². The van der Waals surface area contributed by atoms with Crippen LogP contribution in [0.5, 0.6) is 0 Å². The second kappa shape index (κ2) is 9.59. The normalized spacial score (nSPS) is 10.2. The van der Waals surface area contributed by atoms with Gasteiger partial charge >= 0.3 is 17.4 Å². The standard InChI is InChI=1S/C17H18N8O9/c1-20(2)15-11(5-9(22(27)28)7-13(15)24(31)32)18-17(26)19-12-6-10(23(29)30)8-14(25(33)34)16(12)21(3)4/h5-8H,1-4H3,(H2,18,19,26). The number of urea groups is 1. The smallest absolute Gasteiger partial charge is 0.323 e. The summed E-state index contributed by atoms with van der Waals surface area (Å²) in [6.07, 6.45) is 0. The fourth-order valence-electron chi connectivity index (χ4n) is 3.10. The van der Waals surface area contributed by atoms with Gasteiger partial charge in [-0.1, -0.05) is 0 Å². The summed E-state index contributed by atoms with van der Waals surface area (Å²) >= 11 is 0. The van der Waals surface area contributed by atoms with E-state index in [0.29, 0.717) is 0 Å². The van der Waals surface area contributed by atoms with Crippen LogP contribution in [0.15, 0.2) is 24.3 Å². The number of benzene rings is 2. The van der Waals surface area contributed by atoms with Crippen molar-refractivity contribution in [2.24, 2.45) is 0 Å². The maximum Gasteiger partial charge on any atom is 0.323 e. The molecular weight excluding hydrogens is 460 g/mol. The Balaban J connectivity index is 2.60. The second-order valence-electron chi connectivity index (χ2n) is 7.12. The highest BCUT2D eigenvalue weighted by Crippen LogP contribution is 2.40. The van der Waals surface area contributed by atoms with Crippen molar-refractivity contribution in [3.05, 3.63) is 64.7 Å². The Morgan fingerprint density at radius 2 is 0.971 bits per heavy atom. The zero-order chi connectivity index (χ0) is 25.9. The van der Waals surface area contributed by atoms with Crippen molar-refractivity contribution in [1.82, 2.24) is 0 Å². The molecule has 0 saturated heterocycles. The van der Waals surface area contributed by atoms with Gasteiger partial charge in [-0.05, 0) is 0 Å². The van der Waals surface area contributed by atoms with Crippen molar-refractivity contribution in [2.75, 3.05) is 48.6 Å². The topological polar surface area (TPSA) is 220 Å². The Morgan fingerprint density at radius 1 is 0.647 bits per heavy atom. The summed E-state index contributed by atoms with van der Waals surface area (Å²) in [4.78, 5) is 57.1. The molecule has 0 aromatic heterocycles. The third kappa shape index (κ3) is 5.21. The average Bonchev–Trinajstić information content (AvgIpc) is 2.71. The number of nitro groups is 4. The van der Waals surface area contributed by atoms with Crippen LogP contribution in [0.1, 0.15) is 0 Å². The summed E-state index contributed by atoms with van der Waals surface area (Å²) < 4.78 is 0. The number of hydrogen-bond acceptors (Lipinski definition) is 11. The van der Waals surface area contributed by atoms with Crippen LogP contribution in [0.4, 0.5) is 50.3 Å². The van der Waals surface area contributed by atoms with E-state index in [-0.39, 0.29) is 22.7 Å². The molecule has 2 aromatic rings. The van der Waals surface area contributed by atoms with Crippen LogP contribution in [-0.2, 0) is 0 Å². The molecule has 0 aliphatic heterocycles. The first-order valence-corrected chi connectivity index (χ1v) is 9.10. The minimum Gasteiger partial charge on any atom is -0.370 e. The first-order chi connectivity index (χ1) is 15.7. The van der Waals surface area contributed by atoms with Crippen molar-refractivity contribution in [2.45, 2.75) is 0 Å². The molecule has 17 heteroatoms. The Hall–Kier alpha value is -5.09. The minimum atomic E-state index is -1.12. The maximum absolute atomic E-state index is 12.7. The molecule has 2 aromatic carbocycles. The van der Waals surface area contributed by atoms with Crippen molar-refractivity contribution < 1.29 is 24.5 Å². The van der Waals surface area contributed by atoms with Crippen molar-refractivity contribution >= 4 is 51.5 Å². The molecule has 2 rings (SSSR count). The van der Waals surface area contributed by atoms with Gasteiger partial charge in [0.15, 0.2) is 0 Å². The first kappa shape index (κ1) is 25.2. The predicted octanol–water partition coefficient (Wildman–Crippen LogP) is 3.10. The van der Waals surface area contributed by atoms with E-state index in [1.54, 1.807) is 0 Å². The number of rotatable bonds is 8.